The van der Waals surface area contributed by atoms with Crippen LogP contribution < -0.4 is 0 Å². The second-order valence-electron chi connectivity index (χ2n) is 4.32. The maximum atomic E-state index is 11.0. The van der Waals surface area contributed by atoms with Gasteiger partial charge in [-0.3, -0.25) is 0 Å². The van der Waals surface area contributed by atoms with Gasteiger partial charge in [-0.25, -0.2) is 9.78 Å². The van der Waals surface area contributed by atoms with E-state index in [0.29, 0.717) is 0 Å². The summed E-state index contributed by atoms with van der Waals surface area (Å²) in [4.78, 5) is 19.8. The first-order valence-electron chi connectivity index (χ1n) is 6.05. The molecule has 3 rings (SSSR count). The van der Waals surface area contributed by atoms with Gasteiger partial charge in [-0.05, 0) is 30.5 Å². The smallest absolute Gasteiger partial charge is 0.335 e. The third-order valence-corrected chi connectivity index (χ3v) is 3.89. The lowest BCUT2D eigenvalue weighted by atomic mass is 10.2. The number of thioether (sulfide) groups is 1. The largest absolute Gasteiger partial charge is 0.478 e. The van der Waals surface area contributed by atoms with E-state index in [9.17, 15) is 4.79 Å². The van der Waals surface area contributed by atoms with Crippen LogP contribution in [0.2, 0.25) is 0 Å². The molecule has 0 atom stereocenters. The molecule has 0 fully saturated rings. The van der Waals surface area contributed by atoms with Crippen molar-refractivity contribution in [1.82, 2.24) is 9.97 Å². The number of rotatable bonds is 3. The fourth-order valence-electron chi connectivity index (χ4n) is 2.11. The molecule has 1 heterocycles. The van der Waals surface area contributed by atoms with Gasteiger partial charge >= 0.3 is 5.97 Å². The van der Waals surface area contributed by atoms with Crippen LogP contribution in [0.4, 0.5) is 0 Å². The Morgan fingerprint density at radius 2 is 2.05 bits per heavy atom. The number of hydrogen-bond acceptors (Lipinski definition) is 3. The third kappa shape index (κ3) is 2.16. The number of aromatic amines is 1. The van der Waals surface area contributed by atoms with Gasteiger partial charge in [0, 0.05) is 10.5 Å². The maximum absolute atomic E-state index is 11.0. The van der Waals surface area contributed by atoms with E-state index >= 15 is 0 Å². The van der Waals surface area contributed by atoms with Crippen molar-refractivity contribution in [3.8, 4) is 11.4 Å². The van der Waals surface area contributed by atoms with Crippen molar-refractivity contribution in [2.24, 2.45) is 0 Å². The highest BCUT2D eigenvalue weighted by Gasteiger charge is 2.11. The van der Waals surface area contributed by atoms with E-state index in [1.54, 1.807) is 30.0 Å². The van der Waals surface area contributed by atoms with Crippen molar-refractivity contribution < 1.29 is 9.90 Å². The molecule has 0 bridgehead atoms. The number of nitrogens with zero attached hydrogens (tertiary/aromatic N) is 1. The van der Waals surface area contributed by atoms with Crippen molar-refractivity contribution in [3.63, 3.8) is 0 Å². The number of fused-ring (bicyclic) bond motifs is 1. The summed E-state index contributed by atoms with van der Waals surface area (Å²) in [5, 5.41) is 9.01. The quantitative estimate of drug-likeness (QED) is 0.720. The first-order valence-corrected chi connectivity index (χ1v) is 7.28. The molecule has 2 aromatic carbocycles. The summed E-state index contributed by atoms with van der Waals surface area (Å²) in [5.41, 5.74) is 2.77. The zero-order valence-electron chi connectivity index (χ0n) is 10.8. The van der Waals surface area contributed by atoms with Crippen LogP contribution in [0.3, 0.4) is 0 Å². The van der Waals surface area contributed by atoms with E-state index in [-0.39, 0.29) is 5.56 Å². The molecule has 0 saturated heterocycles. The van der Waals surface area contributed by atoms with E-state index in [0.717, 1.165) is 27.3 Å². The molecule has 0 unspecified atom stereocenters. The Labute approximate surface area is 119 Å². The SMILES string of the molecule is CSc1ccccc1-c1nc2ccc(C(=O)O)cc2[nH]1. The topological polar surface area (TPSA) is 66.0 Å². The predicted molar refractivity (Wildman–Crippen MR) is 80.3 cm³/mol. The minimum Gasteiger partial charge on any atom is -0.478 e. The van der Waals surface area contributed by atoms with Crippen LogP contribution >= 0.6 is 11.8 Å². The molecule has 0 spiro atoms. The third-order valence-electron chi connectivity index (χ3n) is 3.09. The van der Waals surface area contributed by atoms with Crippen molar-refractivity contribution in [3.05, 3.63) is 48.0 Å². The molecule has 5 heteroatoms. The monoisotopic (exact) mass is 284 g/mol. The van der Waals surface area contributed by atoms with Crippen molar-refractivity contribution in [2.45, 2.75) is 4.90 Å². The van der Waals surface area contributed by atoms with Crippen LogP contribution in [0.1, 0.15) is 10.4 Å². The minimum absolute atomic E-state index is 0.255. The van der Waals surface area contributed by atoms with Crippen LogP contribution in [0.5, 0.6) is 0 Å². The molecule has 0 radical (unpaired) electrons. The van der Waals surface area contributed by atoms with Gasteiger partial charge in [0.1, 0.15) is 5.82 Å². The van der Waals surface area contributed by atoms with E-state index in [1.165, 1.54) is 0 Å². The van der Waals surface area contributed by atoms with Gasteiger partial charge in [0.05, 0.1) is 16.6 Å². The van der Waals surface area contributed by atoms with E-state index in [1.807, 2.05) is 30.5 Å². The van der Waals surface area contributed by atoms with Crippen LogP contribution in [0.25, 0.3) is 22.4 Å². The molecule has 1 aromatic heterocycles. The van der Waals surface area contributed by atoms with Gasteiger partial charge in [-0.15, -0.1) is 11.8 Å². The number of aromatic nitrogens is 2. The number of carboxylic acid groups (broad SMARTS) is 1. The van der Waals surface area contributed by atoms with Crippen molar-refractivity contribution >= 4 is 28.8 Å². The average Bonchev–Trinajstić information content (AvgIpc) is 2.89. The fourth-order valence-corrected chi connectivity index (χ4v) is 2.71. The molecule has 4 nitrogen and oxygen atoms in total. The molecule has 0 aliphatic heterocycles. The summed E-state index contributed by atoms with van der Waals surface area (Å²) < 4.78 is 0. The van der Waals surface area contributed by atoms with Crippen LogP contribution in [0.15, 0.2) is 47.4 Å². The number of hydrogen-bond donors (Lipinski definition) is 2. The Bertz CT molecular complexity index is 795. The van der Waals surface area contributed by atoms with Gasteiger partial charge in [0.2, 0.25) is 0 Å². The highest BCUT2D eigenvalue weighted by molar-refractivity contribution is 7.98. The Balaban J connectivity index is 2.15. The lowest BCUT2D eigenvalue weighted by Gasteiger charge is -2.02. The highest BCUT2D eigenvalue weighted by Crippen LogP contribution is 2.29. The number of H-pyrrole nitrogens is 1. The number of aromatic carboxylic acids is 1. The molecule has 100 valence electrons. The number of nitrogens with one attached hydrogen (secondary N) is 1. The average molecular weight is 284 g/mol. The molecule has 3 aromatic rings. The van der Waals surface area contributed by atoms with Gasteiger partial charge in [0.25, 0.3) is 0 Å². The molecular formula is C15H12N2O2S. The molecule has 0 aliphatic carbocycles. The predicted octanol–water partition coefficient (Wildman–Crippen LogP) is 3.65. The second-order valence-corrected chi connectivity index (χ2v) is 5.17. The van der Waals surface area contributed by atoms with Gasteiger partial charge in [0.15, 0.2) is 0 Å². The molecule has 0 amide bonds. The summed E-state index contributed by atoms with van der Waals surface area (Å²) in [7, 11) is 0. The minimum atomic E-state index is -0.937. The summed E-state index contributed by atoms with van der Waals surface area (Å²) >= 11 is 1.65. The normalized spacial score (nSPS) is 10.8. The maximum Gasteiger partial charge on any atom is 0.335 e. The Kier molecular flexibility index (Phi) is 3.20. The summed E-state index contributed by atoms with van der Waals surface area (Å²) in [6.45, 7) is 0. The molecular weight excluding hydrogens is 272 g/mol. The van der Waals surface area contributed by atoms with Crippen LogP contribution in [0, 0.1) is 0 Å². The van der Waals surface area contributed by atoms with Crippen molar-refractivity contribution in [1.29, 1.82) is 0 Å². The standard InChI is InChI=1S/C15H12N2O2S/c1-20-13-5-3-2-4-10(13)14-16-11-7-6-9(15(18)19)8-12(11)17-14/h2-8H,1H3,(H,16,17)(H,18,19). The molecule has 0 saturated carbocycles. The van der Waals surface area contributed by atoms with Crippen molar-refractivity contribution in [2.75, 3.05) is 6.26 Å². The lowest BCUT2D eigenvalue weighted by Crippen LogP contribution is -1.94. The second kappa shape index (κ2) is 5.02. The molecule has 20 heavy (non-hydrogen) atoms. The Morgan fingerprint density at radius 1 is 1.25 bits per heavy atom. The van der Waals surface area contributed by atoms with Crippen LogP contribution in [-0.4, -0.2) is 27.3 Å². The first kappa shape index (κ1) is 12.7. The van der Waals surface area contributed by atoms with E-state index in [4.69, 9.17) is 5.11 Å². The lowest BCUT2D eigenvalue weighted by molar-refractivity contribution is 0.0697. The highest BCUT2D eigenvalue weighted by atomic mass is 32.2. The van der Waals surface area contributed by atoms with Crippen LogP contribution in [-0.2, 0) is 0 Å². The summed E-state index contributed by atoms with van der Waals surface area (Å²) in [6.07, 6.45) is 2.02. The van der Waals surface area contributed by atoms with E-state index in [2.05, 4.69) is 9.97 Å². The molecule has 0 aliphatic rings. The zero-order chi connectivity index (χ0) is 14.1. The number of carbonyl (C=O) groups is 1. The summed E-state index contributed by atoms with van der Waals surface area (Å²) in [5.74, 6) is -0.181. The van der Waals surface area contributed by atoms with Gasteiger partial charge in [-0.2, -0.15) is 0 Å². The van der Waals surface area contributed by atoms with E-state index < -0.39 is 5.97 Å². The first-order chi connectivity index (χ1) is 9.69. The Morgan fingerprint density at radius 3 is 2.80 bits per heavy atom. The van der Waals surface area contributed by atoms with Gasteiger partial charge < -0.3 is 10.1 Å². The zero-order valence-corrected chi connectivity index (χ0v) is 11.6. The number of carboxylic acids is 1. The summed E-state index contributed by atoms with van der Waals surface area (Å²) in [6, 6.07) is 12.9. The Hall–Kier alpha value is -2.27. The molecule has 2 N–H and O–H groups in total. The number of imidazole rings is 1. The number of benzene rings is 2. The fraction of sp³-hybridized carbons (Fsp3) is 0.0667. The van der Waals surface area contributed by atoms with Gasteiger partial charge in [-0.1, -0.05) is 18.2 Å².